The molecule has 4 heterocycles. The van der Waals surface area contributed by atoms with E-state index in [-0.39, 0.29) is 0 Å². The van der Waals surface area contributed by atoms with E-state index in [0.717, 1.165) is 58.1 Å². The van der Waals surface area contributed by atoms with Gasteiger partial charge in [-0.15, -0.1) is 0 Å². The summed E-state index contributed by atoms with van der Waals surface area (Å²) in [5, 5.41) is 3.52. The number of fused-ring (bicyclic) bond motifs is 1. The summed E-state index contributed by atoms with van der Waals surface area (Å²) in [6.07, 6.45) is 2.09. The van der Waals surface area contributed by atoms with Crippen molar-refractivity contribution >= 4 is 35.3 Å². The Morgan fingerprint density at radius 3 is 2.17 bits per heavy atom. The topological polar surface area (TPSA) is 44.3 Å². The number of nitrogens with zero attached hydrogens (tertiary/aromatic N) is 4. The van der Waals surface area contributed by atoms with Crippen LogP contribution >= 0.6 is 23.5 Å². The first-order chi connectivity index (χ1) is 11.4. The van der Waals surface area contributed by atoms with Crippen molar-refractivity contribution < 1.29 is 0 Å². The molecule has 0 aromatic carbocycles. The fraction of sp³-hybridized carbons (Fsp3) is 0.750. The molecule has 5 nitrogen and oxygen atoms in total. The van der Waals surface area contributed by atoms with Gasteiger partial charge in [0.25, 0.3) is 0 Å². The highest BCUT2D eigenvalue weighted by molar-refractivity contribution is 7.99. The van der Waals surface area contributed by atoms with Crippen molar-refractivity contribution in [2.75, 3.05) is 72.1 Å². The summed E-state index contributed by atoms with van der Waals surface area (Å²) in [6, 6.07) is 0. The molecule has 0 spiro atoms. The Labute approximate surface area is 147 Å². The van der Waals surface area contributed by atoms with E-state index in [2.05, 4.69) is 26.9 Å². The molecule has 1 aromatic heterocycles. The standard InChI is InChI=1S/C16H25N5S2/c1-3-17-4-2-14-13(1)15(20-5-9-22-10-6-20)19-16(18-14)21-7-11-23-12-8-21/h17H,1-12H2. The van der Waals surface area contributed by atoms with Crippen LogP contribution in [0, 0.1) is 0 Å². The Balaban J connectivity index is 1.71. The zero-order valence-corrected chi connectivity index (χ0v) is 15.2. The molecule has 0 unspecified atom stereocenters. The molecule has 4 rings (SSSR count). The number of aromatic nitrogens is 2. The lowest BCUT2D eigenvalue weighted by Crippen LogP contribution is -2.37. The lowest BCUT2D eigenvalue weighted by atomic mass is 10.1. The lowest BCUT2D eigenvalue weighted by Gasteiger charge is -2.32. The van der Waals surface area contributed by atoms with Gasteiger partial charge in [0.05, 0.1) is 5.69 Å². The molecule has 1 aromatic rings. The summed E-state index contributed by atoms with van der Waals surface area (Å²) in [4.78, 5) is 14.9. The maximum Gasteiger partial charge on any atom is 0.227 e. The van der Waals surface area contributed by atoms with Gasteiger partial charge in [-0.2, -0.15) is 28.5 Å². The van der Waals surface area contributed by atoms with Gasteiger partial charge in [-0.1, -0.05) is 0 Å². The highest BCUT2D eigenvalue weighted by Gasteiger charge is 2.24. The summed E-state index contributed by atoms with van der Waals surface area (Å²) in [5.41, 5.74) is 2.68. The second-order valence-corrected chi connectivity index (χ2v) is 8.67. The average molecular weight is 352 g/mol. The maximum absolute atomic E-state index is 5.07. The van der Waals surface area contributed by atoms with E-state index in [1.807, 2.05) is 11.8 Å². The van der Waals surface area contributed by atoms with E-state index in [1.165, 1.54) is 40.1 Å². The first-order valence-electron chi connectivity index (χ1n) is 8.68. The van der Waals surface area contributed by atoms with Gasteiger partial charge in [0, 0.05) is 67.7 Å². The molecular formula is C16H25N5S2. The summed E-state index contributed by atoms with van der Waals surface area (Å²) < 4.78 is 0. The number of hydrogen-bond donors (Lipinski definition) is 1. The van der Waals surface area contributed by atoms with Crippen molar-refractivity contribution in [1.29, 1.82) is 0 Å². The predicted molar refractivity (Wildman–Crippen MR) is 101 cm³/mol. The third kappa shape index (κ3) is 3.56. The molecule has 0 bridgehead atoms. The van der Waals surface area contributed by atoms with E-state index in [9.17, 15) is 0 Å². The van der Waals surface area contributed by atoms with Gasteiger partial charge in [0.15, 0.2) is 0 Å². The van der Waals surface area contributed by atoms with Crippen molar-refractivity contribution in [3.8, 4) is 0 Å². The van der Waals surface area contributed by atoms with Crippen LogP contribution < -0.4 is 15.1 Å². The molecule has 0 saturated carbocycles. The number of rotatable bonds is 2. The van der Waals surface area contributed by atoms with E-state index in [1.54, 1.807) is 0 Å². The first kappa shape index (κ1) is 15.8. The Bertz CT molecular complexity index is 542. The second kappa shape index (κ2) is 7.49. The molecule has 3 aliphatic rings. The monoisotopic (exact) mass is 351 g/mol. The van der Waals surface area contributed by atoms with Gasteiger partial charge in [0.2, 0.25) is 5.95 Å². The largest absolute Gasteiger partial charge is 0.355 e. The number of anilines is 2. The summed E-state index contributed by atoms with van der Waals surface area (Å²) >= 11 is 4.09. The van der Waals surface area contributed by atoms with Crippen molar-refractivity contribution in [3.05, 3.63) is 11.3 Å². The van der Waals surface area contributed by atoms with Gasteiger partial charge < -0.3 is 15.1 Å². The molecule has 7 heteroatoms. The SMILES string of the molecule is C1Cc2nc(N3CCSCC3)nc(N3CCSCC3)c2CCN1. The quantitative estimate of drug-likeness (QED) is 0.861. The second-order valence-electron chi connectivity index (χ2n) is 6.22. The van der Waals surface area contributed by atoms with E-state index >= 15 is 0 Å². The Morgan fingerprint density at radius 2 is 1.43 bits per heavy atom. The Kier molecular flexibility index (Phi) is 5.16. The molecule has 0 amide bonds. The van der Waals surface area contributed by atoms with Crippen molar-refractivity contribution in [2.24, 2.45) is 0 Å². The van der Waals surface area contributed by atoms with Crippen molar-refractivity contribution in [1.82, 2.24) is 15.3 Å². The van der Waals surface area contributed by atoms with Crippen LogP contribution in [0.5, 0.6) is 0 Å². The molecule has 0 atom stereocenters. The molecule has 1 N–H and O–H groups in total. The van der Waals surface area contributed by atoms with E-state index in [4.69, 9.17) is 9.97 Å². The minimum atomic E-state index is 0.971. The smallest absolute Gasteiger partial charge is 0.227 e. The Hall–Kier alpha value is -0.660. The van der Waals surface area contributed by atoms with E-state index in [0.29, 0.717) is 0 Å². The van der Waals surface area contributed by atoms with Gasteiger partial charge in [-0.3, -0.25) is 0 Å². The van der Waals surface area contributed by atoms with Crippen LogP contribution in [0.2, 0.25) is 0 Å². The molecule has 126 valence electrons. The van der Waals surface area contributed by atoms with E-state index < -0.39 is 0 Å². The lowest BCUT2D eigenvalue weighted by molar-refractivity contribution is 0.707. The molecule has 3 aliphatic heterocycles. The number of hydrogen-bond acceptors (Lipinski definition) is 7. The van der Waals surface area contributed by atoms with Crippen LogP contribution in [0.4, 0.5) is 11.8 Å². The molecule has 2 fully saturated rings. The Morgan fingerprint density at radius 1 is 0.783 bits per heavy atom. The third-order valence-corrected chi connectivity index (χ3v) is 6.64. The molecule has 0 aliphatic carbocycles. The van der Waals surface area contributed by atoms with Gasteiger partial charge in [0.1, 0.15) is 5.82 Å². The zero-order chi connectivity index (χ0) is 15.5. The maximum atomic E-state index is 5.07. The van der Waals surface area contributed by atoms with Crippen LogP contribution in [0.15, 0.2) is 0 Å². The average Bonchev–Trinajstić information content (AvgIpc) is 2.88. The molecule has 23 heavy (non-hydrogen) atoms. The molecule has 2 saturated heterocycles. The highest BCUT2D eigenvalue weighted by atomic mass is 32.2. The fourth-order valence-corrected chi connectivity index (χ4v) is 5.26. The fourth-order valence-electron chi connectivity index (χ4n) is 3.45. The zero-order valence-electron chi connectivity index (χ0n) is 13.6. The van der Waals surface area contributed by atoms with Gasteiger partial charge in [-0.25, -0.2) is 4.98 Å². The summed E-state index contributed by atoms with van der Waals surface area (Å²) in [6.45, 7) is 6.49. The number of thioether (sulfide) groups is 2. The van der Waals surface area contributed by atoms with Crippen LogP contribution in [-0.4, -0.2) is 72.2 Å². The van der Waals surface area contributed by atoms with Crippen LogP contribution in [0.3, 0.4) is 0 Å². The highest BCUT2D eigenvalue weighted by Crippen LogP contribution is 2.28. The summed E-state index contributed by atoms with van der Waals surface area (Å²) in [7, 11) is 0. The molecular weight excluding hydrogens is 326 g/mol. The summed E-state index contributed by atoms with van der Waals surface area (Å²) in [5.74, 6) is 7.01. The van der Waals surface area contributed by atoms with Crippen molar-refractivity contribution in [2.45, 2.75) is 12.8 Å². The number of nitrogens with one attached hydrogen (secondary N) is 1. The van der Waals surface area contributed by atoms with Crippen molar-refractivity contribution in [3.63, 3.8) is 0 Å². The van der Waals surface area contributed by atoms with Crippen LogP contribution in [0.25, 0.3) is 0 Å². The minimum Gasteiger partial charge on any atom is -0.355 e. The third-order valence-electron chi connectivity index (χ3n) is 4.75. The van der Waals surface area contributed by atoms with Gasteiger partial charge in [-0.05, 0) is 13.0 Å². The molecule has 0 radical (unpaired) electrons. The first-order valence-corrected chi connectivity index (χ1v) is 11.0. The minimum absolute atomic E-state index is 0.971. The normalized spacial score (nSPS) is 22.6. The van der Waals surface area contributed by atoms with Crippen LogP contribution in [0.1, 0.15) is 11.3 Å². The van der Waals surface area contributed by atoms with Gasteiger partial charge >= 0.3 is 0 Å². The predicted octanol–water partition coefficient (Wildman–Crippen LogP) is 1.27. The van der Waals surface area contributed by atoms with Crippen LogP contribution in [-0.2, 0) is 12.8 Å².